The molecular weight excluding hydrogens is 234 g/mol. The van der Waals surface area contributed by atoms with Crippen LogP contribution in [0.2, 0.25) is 0 Å². The molecule has 0 unspecified atom stereocenters. The second-order valence-corrected chi connectivity index (χ2v) is 5.94. The molecule has 0 aliphatic carbocycles. The van der Waals surface area contributed by atoms with Gasteiger partial charge in [0.15, 0.2) is 0 Å². The molecule has 0 saturated carbocycles. The summed E-state index contributed by atoms with van der Waals surface area (Å²) in [6.45, 7) is 0. The average molecular weight is 243 g/mol. The highest BCUT2D eigenvalue weighted by Crippen LogP contribution is 2.29. The van der Waals surface area contributed by atoms with E-state index in [-0.39, 0.29) is 4.21 Å². The summed E-state index contributed by atoms with van der Waals surface area (Å²) in [5.74, 6) is 0. The van der Waals surface area contributed by atoms with E-state index in [0.29, 0.717) is 0 Å². The van der Waals surface area contributed by atoms with Gasteiger partial charge in [-0.1, -0.05) is 0 Å². The second-order valence-electron chi connectivity index (χ2n) is 3.07. The third-order valence-corrected chi connectivity index (χ3v) is 4.42. The predicted molar refractivity (Wildman–Crippen MR) is 57.9 cm³/mol. The number of nitrogens with zero attached hydrogens (tertiary/aromatic N) is 2. The molecule has 5 nitrogen and oxygen atoms in total. The quantitative estimate of drug-likeness (QED) is 0.847. The number of thiophene rings is 1. The van der Waals surface area contributed by atoms with Crippen LogP contribution in [-0.2, 0) is 17.1 Å². The molecule has 2 aromatic heterocycles. The zero-order valence-electron chi connectivity index (χ0n) is 7.91. The van der Waals surface area contributed by atoms with Crippen LogP contribution in [0.25, 0.3) is 10.4 Å². The summed E-state index contributed by atoms with van der Waals surface area (Å²) in [6, 6.07) is 3.23. The summed E-state index contributed by atoms with van der Waals surface area (Å²) >= 11 is 1.14. The molecule has 0 aliphatic rings. The van der Waals surface area contributed by atoms with Crippen molar-refractivity contribution >= 4 is 21.4 Å². The SMILES string of the molecule is Cn1cc(-c2ccc(S(N)(=O)=O)s2)cn1. The van der Waals surface area contributed by atoms with Crippen molar-refractivity contribution in [2.24, 2.45) is 12.2 Å². The van der Waals surface area contributed by atoms with Gasteiger partial charge in [0.1, 0.15) is 4.21 Å². The van der Waals surface area contributed by atoms with E-state index in [1.54, 1.807) is 24.0 Å². The van der Waals surface area contributed by atoms with Gasteiger partial charge >= 0.3 is 0 Å². The van der Waals surface area contributed by atoms with Crippen molar-refractivity contribution in [3.63, 3.8) is 0 Å². The summed E-state index contributed by atoms with van der Waals surface area (Å²) in [4.78, 5) is 0.840. The van der Waals surface area contributed by atoms with Gasteiger partial charge in [-0.15, -0.1) is 11.3 Å². The highest BCUT2D eigenvalue weighted by Gasteiger charge is 2.12. The van der Waals surface area contributed by atoms with Crippen molar-refractivity contribution in [1.82, 2.24) is 9.78 Å². The molecule has 0 saturated heterocycles. The first-order chi connectivity index (χ1) is 6.97. The third kappa shape index (κ3) is 2.09. The number of aromatic nitrogens is 2. The molecule has 2 heterocycles. The fraction of sp³-hybridized carbons (Fsp3) is 0.125. The van der Waals surface area contributed by atoms with Gasteiger partial charge in [-0.2, -0.15) is 5.10 Å². The normalized spacial score (nSPS) is 11.9. The van der Waals surface area contributed by atoms with Gasteiger partial charge in [-0.05, 0) is 12.1 Å². The number of nitrogens with two attached hydrogens (primary N) is 1. The fourth-order valence-electron chi connectivity index (χ4n) is 1.18. The molecule has 2 N–H and O–H groups in total. The Bertz CT molecular complexity index is 583. The first-order valence-electron chi connectivity index (χ1n) is 4.08. The van der Waals surface area contributed by atoms with Gasteiger partial charge in [0, 0.05) is 23.7 Å². The van der Waals surface area contributed by atoms with Crippen LogP contribution >= 0.6 is 11.3 Å². The monoisotopic (exact) mass is 243 g/mol. The van der Waals surface area contributed by atoms with Crippen LogP contribution in [0, 0.1) is 0 Å². The topological polar surface area (TPSA) is 78.0 Å². The third-order valence-electron chi connectivity index (χ3n) is 1.85. The molecule has 0 amide bonds. The Labute approximate surface area is 91.2 Å². The van der Waals surface area contributed by atoms with Gasteiger partial charge in [0.2, 0.25) is 10.0 Å². The average Bonchev–Trinajstić information content (AvgIpc) is 2.69. The van der Waals surface area contributed by atoms with E-state index in [1.807, 2.05) is 6.20 Å². The van der Waals surface area contributed by atoms with E-state index >= 15 is 0 Å². The smallest absolute Gasteiger partial charge is 0.247 e. The van der Waals surface area contributed by atoms with Gasteiger partial charge < -0.3 is 0 Å². The maximum atomic E-state index is 11.1. The standard InChI is InChI=1S/C8H9N3O2S2/c1-11-5-6(4-10-11)7-2-3-8(14-7)15(9,12)13/h2-5H,1H3,(H2,9,12,13). The van der Waals surface area contributed by atoms with Gasteiger partial charge in [0.25, 0.3) is 0 Å². The van der Waals surface area contributed by atoms with E-state index in [1.165, 1.54) is 6.07 Å². The Morgan fingerprint density at radius 2 is 2.20 bits per heavy atom. The summed E-state index contributed by atoms with van der Waals surface area (Å²) in [5.41, 5.74) is 0.886. The molecule has 2 aromatic rings. The van der Waals surface area contributed by atoms with Gasteiger partial charge in [-0.3, -0.25) is 4.68 Å². The van der Waals surface area contributed by atoms with Crippen molar-refractivity contribution in [1.29, 1.82) is 0 Å². The van der Waals surface area contributed by atoms with E-state index in [2.05, 4.69) is 5.10 Å². The Morgan fingerprint density at radius 3 is 2.67 bits per heavy atom. The minimum atomic E-state index is -3.59. The zero-order chi connectivity index (χ0) is 11.1. The molecule has 0 spiro atoms. The Morgan fingerprint density at radius 1 is 1.47 bits per heavy atom. The number of primary sulfonamides is 1. The lowest BCUT2D eigenvalue weighted by atomic mass is 10.3. The molecule has 7 heteroatoms. The van der Waals surface area contributed by atoms with Gasteiger partial charge in [-0.25, -0.2) is 13.6 Å². The first kappa shape index (κ1) is 10.3. The second kappa shape index (κ2) is 3.44. The Balaban J connectivity index is 2.44. The maximum absolute atomic E-state index is 11.1. The van der Waals surface area contributed by atoms with Crippen LogP contribution in [0.1, 0.15) is 0 Å². The highest BCUT2D eigenvalue weighted by atomic mass is 32.2. The predicted octanol–water partition coefficient (Wildman–Crippen LogP) is 0.796. The fourth-order valence-corrected chi connectivity index (χ4v) is 2.88. The molecule has 2 rings (SSSR count). The van der Waals surface area contributed by atoms with E-state index in [4.69, 9.17) is 5.14 Å². The molecule has 0 aromatic carbocycles. The summed E-state index contributed by atoms with van der Waals surface area (Å²) in [5, 5.41) is 9.02. The van der Waals surface area contributed by atoms with E-state index < -0.39 is 10.0 Å². The van der Waals surface area contributed by atoms with E-state index in [9.17, 15) is 8.42 Å². The highest BCUT2D eigenvalue weighted by molar-refractivity contribution is 7.91. The van der Waals surface area contributed by atoms with Crippen LogP contribution in [0.3, 0.4) is 0 Å². The van der Waals surface area contributed by atoms with Crippen LogP contribution < -0.4 is 5.14 Å². The summed E-state index contributed by atoms with van der Waals surface area (Å²) in [6.07, 6.45) is 3.50. The molecule has 0 radical (unpaired) electrons. The van der Waals surface area contributed by atoms with Crippen molar-refractivity contribution in [2.45, 2.75) is 4.21 Å². The van der Waals surface area contributed by atoms with Crippen molar-refractivity contribution in [3.05, 3.63) is 24.5 Å². The summed E-state index contributed by atoms with van der Waals surface area (Å²) < 4.78 is 23.9. The van der Waals surface area contributed by atoms with Crippen LogP contribution in [0.4, 0.5) is 0 Å². The van der Waals surface area contributed by atoms with Gasteiger partial charge in [0.05, 0.1) is 6.20 Å². The number of aryl methyl sites for hydroxylation is 1. The molecule has 0 bridgehead atoms. The molecule has 0 aliphatic heterocycles. The van der Waals surface area contributed by atoms with Crippen LogP contribution in [0.15, 0.2) is 28.7 Å². The first-order valence-corrected chi connectivity index (χ1v) is 6.45. The van der Waals surface area contributed by atoms with Crippen LogP contribution in [-0.4, -0.2) is 18.2 Å². The molecule has 80 valence electrons. The number of hydrogen-bond acceptors (Lipinski definition) is 4. The lowest BCUT2D eigenvalue weighted by molar-refractivity contribution is 0.600. The lowest BCUT2D eigenvalue weighted by Crippen LogP contribution is -2.09. The van der Waals surface area contributed by atoms with Crippen LogP contribution in [0.5, 0.6) is 0 Å². The zero-order valence-corrected chi connectivity index (χ0v) is 9.55. The Hall–Kier alpha value is -1.18. The number of rotatable bonds is 2. The minimum Gasteiger partial charge on any atom is -0.275 e. The van der Waals surface area contributed by atoms with Crippen molar-refractivity contribution < 1.29 is 8.42 Å². The lowest BCUT2D eigenvalue weighted by Gasteiger charge is -1.90. The molecule has 0 fully saturated rings. The molecular formula is C8H9N3O2S2. The largest absolute Gasteiger partial charge is 0.275 e. The Kier molecular flexibility index (Phi) is 2.37. The summed E-state index contributed by atoms with van der Waals surface area (Å²) in [7, 11) is -1.79. The molecule has 15 heavy (non-hydrogen) atoms. The van der Waals surface area contributed by atoms with E-state index in [0.717, 1.165) is 21.8 Å². The number of hydrogen-bond donors (Lipinski definition) is 1. The minimum absolute atomic E-state index is 0.168. The van der Waals surface area contributed by atoms with Crippen molar-refractivity contribution in [3.8, 4) is 10.4 Å². The molecule has 0 atom stereocenters. The maximum Gasteiger partial charge on any atom is 0.247 e. The number of sulfonamides is 1. The van der Waals surface area contributed by atoms with Crippen molar-refractivity contribution in [2.75, 3.05) is 0 Å².